The zero-order valence-electron chi connectivity index (χ0n) is 12.3. The molecule has 112 valence electrons. The average molecular weight is 287 g/mol. The van der Waals surface area contributed by atoms with Gasteiger partial charge >= 0.3 is 5.97 Å². The summed E-state index contributed by atoms with van der Waals surface area (Å²) in [4.78, 5) is 25.7. The van der Waals surface area contributed by atoms with Gasteiger partial charge in [0.2, 0.25) is 5.91 Å². The van der Waals surface area contributed by atoms with Crippen LogP contribution in [0, 0.1) is 18.8 Å². The van der Waals surface area contributed by atoms with E-state index in [-0.39, 0.29) is 17.9 Å². The number of carbonyl (C=O) groups excluding carboxylic acids is 1. The van der Waals surface area contributed by atoms with Gasteiger partial charge in [-0.2, -0.15) is 0 Å². The second kappa shape index (κ2) is 5.51. The molecule has 1 N–H and O–H groups in total. The van der Waals surface area contributed by atoms with Crippen molar-refractivity contribution in [1.29, 1.82) is 0 Å². The average Bonchev–Trinajstić information content (AvgIpc) is 2.85. The Morgan fingerprint density at radius 2 is 1.95 bits per heavy atom. The number of hydrogen-bond donors (Lipinski definition) is 1. The number of carboxylic acids is 1. The number of aliphatic carboxylic acids is 1. The molecule has 0 spiro atoms. The Morgan fingerprint density at radius 1 is 1.19 bits per heavy atom. The zero-order chi connectivity index (χ0) is 15.0. The topological polar surface area (TPSA) is 57.6 Å². The van der Waals surface area contributed by atoms with Crippen LogP contribution in [0.2, 0.25) is 0 Å². The van der Waals surface area contributed by atoms with Gasteiger partial charge in [-0.05, 0) is 38.2 Å². The van der Waals surface area contributed by atoms with Crippen molar-refractivity contribution >= 4 is 11.9 Å². The number of benzene rings is 1. The SMILES string of the molecule is Cc1cccc(C2CCCN2C(=O)C2CCC2C(=O)O)c1. The minimum absolute atomic E-state index is 0.0395. The third kappa shape index (κ3) is 2.55. The van der Waals surface area contributed by atoms with Crippen molar-refractivity contribution in [2.24, 2.45) is 11.8 Å². The highest BCUT2D eigenvalue weighted by Gasteiger charge is 2.45. The summed E-state index contributed by atoms with van der Waals surface area (Å²) in [6, 6.07) is 8.39. The molecule has 1 aromatic rings. The Morgan fingerprint density at radius 3 is 2.57 bits per heavy atom. The lowest BCUT2D eigenvalue weighted by Gasteiger charge is -2.37. The van der Waals surface area contributed by atoms with Crippen molar-refractivity contribution in [2.45, 2.75) is 38.6 Å². The number of amides is 1. The van der Waals surface area contributed by atoms with Gasteiger partial charge in [0.05, 0.1) is 17.9 Å². The summed E-state index contributed by atoms with van der Waals surface area (Å²) >= 11 is 0. The molecule has 1 aliphatic carbocycles. The van der Waals surface area contributed by atoms with Crippen molar-refractivity contribution in [3.8, 4) is 0 Å². The summed E-state index contributed by atoms with van der Waals surface area (Å²) in [6.45, 7) is 2.80. The Labute approximate surface area is 124 Å². The molecule has 1 aromatic carbocycles. The van der Waals surface area contributed by atoms with Gasteiger partial charge in [-0.25, -0.2) is 0 Å². The second-order valence-electron chi connectivity index (χ2n) is 6.23. The van der Waals surface area contributed by atoms with Crippen LogP contribution in [0.4, 0.5) is 0 Å². The number of carboxylic acid groups (broad SMARTS) is 1. The Kier molecular flexibility index (Phi) is 3.70. The first kappa shape index (κ1) is 14.1. The summed E-state index contributed by atoms with van der Waals surface area (Å²) in [5.74, 6) is -1.58. The predicted octanol–water partition coefficient (Wildman–Crippen LogP) is 2.77. The molecule has 1 aliphatic heterocycles. The van der Waals surface area contributed by atoms with Gasteiger partial charge < -0.3 is 10.0 Å². The molecule has 1 saturated carbocycles. The van der Waals surface area contributed by atoms with E-state index in [0.717, 1.165) is 19.4 Å². The summed E-state index contributed by atoms with van der Waals surface area (Å²) < 4.78 is 0. The molecule has 1 heterocycles. The lowest BCUT2D eigenvalue weighted by atomic mass is 9.72. The zero-order valence-corrected chi connectivity index (χ0v) is 12.3. The summed E-state index contributed by atoms with van der Waals surface area (Å²) in [5.41, 5.74) is 2.37. The van der Waals surface area contributed by atoms with Crippen LogP contribution in [0.3, 0.4) is 0 Å². The molecule has 2 fully saturated rings. The van der Waals surface area contributed by atoms with Crippen LogP contribution >= 0.6 is 0 Å². The second-order valence-corrected chi connectivity index (χ2v) is 6.23. The van der Waals surface area contributed by atoms with Crippen molar-refractivity contribution < 1.29 is 14.7 Å². The van der Waals surface area contributed by atoms with Crippen molar-refractivity contribution in [1.82, 2.24) is 4.90 Å². The highest BCUT2D eigenvalue weighted by atomic mass is 16.4. The van der Waals surface area contributed by atoms with E-state index < -0.39 is 11.9 Å². The molecule has 2 aliphatic rings. The van der Waals surface area contributed by atoms with E-state index in [0.29, 0.717) is 12.8 Å². The van der Waals surface area contributed by atoms with Gasteiger partial charge in [0, 0.05) is 6.54 Å². The molecule has 4 heteroatoms. The minimum Gasteiger partial charge on any atom is -0.481 e. The van der Waals surface area contributed by atoms with E-state index in [1.54, 1.807) is 0 Å². The van der Waals surface area contributed by atoms with Gasteiger partial charge in [0.1, 0.15) is 0 Å². The lowest BCUT2D eigenvalue weighted by molar-refractivity contribution is -0.157. The number of hydrogen-bond acceptors (Lipinski definition) is 2. The fraction of sp³-hybridized carbons (Fsp3) is 0.529. The Balaban J connectivity index is 1.78. The van der Waals surface area contributed by atoms with Gasteiger partial charge in [-0.3, -0.25) is 9.59 Å². The summed E-state index contributed by atoms with van der Waals surface area (Å²) in [5, 5.41) is 9.14. The van der Waals surface area contributed by atoms with E-state index >= 15 is 0 Å². The van der Waals surface area contributed by atoms with E-state index in [1.165, 1.54) is 11.1 Å². The van der Waals surface area contributed by atoms with Crippen molar-refractivity contribution in [3.63, 3.8) is 0 Å². The fourth-order valence-corrected chi connectivity index (χ4v) is 3.56. The molecular formula is C17H21NO3. The molecule has 0 bridgehead atoms. The number of nitrogens with zero attached hydrogens (tertiary/aromatic N) is 1. The first-order chi connectivity index (χ1) is 10.1. The lowest BCUT2D eigenvalue weighted by Crippen LogP contribution is -2.45. The molecule has 1 saturated heterocycles. The third-order valence-corrected chi connectivity index (χ3v) is 4.87. The van der Waals surface area contributed by atoms with E-state index in [2.05, 4.69) is 25.1 Å². The normalized spacial score (nSPS) is 28.2. The van der Waals surface area contributed by atoms with Crippen LogP contribution in [0.15, 0.2) is 24.3 Å². The molecule has 0 radical (unpaired) electrons. The number of rotatable bonds is 3. The smallest absolute Gasteiger partial charge is 0.307 e. The molecule has 3 unspecified atom stereocenters. The molecule has 0 aromatic heterocycles. The maximum atomic E-state index is 12.7. The largest absolute Gasteiger partial charge is 0.481 e. The molecular weight excluding hydrogens is 266 g/mol. The summed E-state index contributed by atoms with van der Waals surface area (Å²) in [6.07, 6.45) is 3.32. The molecule has 21 heavy (non-hydrogen) atoms. The van der Waals surface area contributed by atoms with Gasteiger partial charge in [-0.1, -0.05) is 29.8 Å². The summed E-state index contributed by atoms with van der Waals surface area (Å²) in [7, 11) is 0. The van der Waals surface area contributed by atoms with E-state index in [1.807, 2.05) is 11.0 Å². The highest BCUT2D eigenvalue weighted by molar-refractivity contribution is 5.86. The Bertz CT molecular complexity index is 569. The molecule has 4 nitrogen and oxygen atoms in total. The first-order valence-corrected chi connectivity index (χ1v) is 7.68. The number of likely N-dealkylation sites (tertiary alicyclic amines) is 1. The number of carbonyl (C=O) groups is 2. The van der Waals surface area contributed by atoms with Gasteiger partial charge in [-0.15, -0.1) is 0 Å². The van der Waals surface area contributed by atoms with Crippen LogP contribution in [0.25, 0.3) is 0 Å². The van der Waals surface area contributed by atoms with Crippen LogP contribution in [-0.2, 0) is 9.59 Å². The fourth-order valence-electron chi connectivity index (χ4n) is 3.56. The van der Waals surface area contributed by atoms with Crippen LogP contribution < -0.4 is 0 Å². The molecule has 3 atom stereocenters. The maximum absolute atomic E-state index is 12.7. The van der Waals surface area contributed by atoms with E-state index in [4.69, 9.17) is 5.11 Å². The minimum atomic E-state index is -0.828. The van der Waals surface area contributed by atoms with Crippen molar-refractivity contribution in [2.75, 3.05) is 6.54 Å². The van der Waals surface area contributed by atoms with Crippen LogP contribution in [0.1, 0.15) is 42.9 Å². The third-order valence-electron chi connectivity index (χ3n) is 4.87. The van der Waals surface area contributed by atoms with Gasteiger partial charge in [0.15, 0.2) is 0 Å². The molecule has 3 rings (SSSR count). The van der Waals surface area contributed by atoms with Crippen molar-refractivity contribution in [3.05, 3.63) is 35.4 Å². The predicted molar refractivity (Wildman–Crippen MR) is 78.7 cm³/mol. The standard InChI is InChI=1S/C17H21NO3/c1-11-4-2-5-12(10-11)15-6-3-9-18(15)16(19)13-7-8-14(13)17(20)21/h2,4-5,10,13-15H,3,6-9H2,1H3,(H,20,21). The van der Waals surface area contributed by atoms with Crippen LogP contribution in [0.5, 0.6) is 0 Å². The molecule has 1 amide bonds. The quantitative estimate of drug-likeness (QED) is 0.930. The number of aryl methyl sites for hydroxylation is 1. The first-order valence-electron chi connectivity index (χ1n) is 7.68. The van der Waals surface area contributed by atoms with Gasteiger partial charge in [0.25, 0.3) is 0 Å². The van der Waals surface area contributed by atoms with Crippen LogP contribution in [-0.4, -0.2) is 28.4 Å². The Hall–Kier alpha value is -1.84. The highest BCUT2D eigenvalue weighted by Crippen LogP contribution is 2.40. The maximum Gasteiger partial charge on any atom is 0.307 e. The van der Waals surface area contributed by atoms with E-state index in [9.17, 15) is 9.59 Å². The monoisotopic (exact) mass is 287 g/mol.